The number of benzene rings is 2. The van der Waals surface area contributed by atoms with Gasteiger partial charge >= 0.3 is 6.18 Å². The molecular weight excluding hydrogens is 421 g/mol. The third-order valence-electron chi connectivity index (χ3n) is 4.73. The average molecular weight is 439 g/mol. The van der Waals surface area contributed by atoms with Crippen LogP contribution in [0.4, 0.5) is 13.2 Å². The number of aliphatic hydroxyl groups excluding tert-OH is 1. The van der Waals surface area contributed by atoms with Crippen molar-refractivity contribution in [3.05, 3.63) is 80.7 Å². The lowest BCUT2D eigenvalue weighted by molar-refractivity contribution is -0.137. The van der Waals surface area contributed by atoms with Gasteiger partial charge < -0.3 is 15.0 Å². The highest BCUT2D eigenvalue weighted by molar-refractivity contribution is 6.35. The molecule has 0 saturated carbocycles. The van der Waals surface area contributed by atoms with Crippen molar-refractivity contribution in [2.75, 3.05) is 6.61 Å². The van der Waals surface area contributed by atoms with E-state index in [9.17, 15) is 27.9 Å². The lowest BCUT2D eigenvalue weighted by Gasteiger charge is -2.15. The van der Waals surface area contributed by atoms with Gasteiger partial charge in [-0.05, 0) is 42.8 Å². The van der Waals surface area contributed by atoms with Crippen LogP contribution in [-0.2, 0) is 12.7 Å². The fourth-order valence-electron chi connectivity index (χ4n) is 3.11. The molecule has 1 aromatic heterocycles. The second-order valence-corrected chi connectivity index (χ2v) is 7.23. The first-order chi connectivity index (χ1) is 14.1. The number of aromatic nitrogens is 1. The molecule has 3 rings (SSSR count). The van der Waals surface area contributed by atoms with Gasteiger partial charge in [0.1, 0.15) is 0 Å². The Bertz CT molecular complexity index is 1160. The third kappa shape index (κ3) is 4.34. The number of fused-ring (bicyclic) bond motifs is 1. The molecule has 0 saturated heterocycles. The van der Waals surface area contributed by atoms with E-state index in [1.165, 1.54) is 35.0 Å². The predicted molar refractivity (Wildman–Crippen MR) is 108 cm³/mol. The number of aliphatic hydroxyl groups is 1. The van der Waals surface area contributed by atoms with Crippen LogP contribution in [0.2, 0.25) is 5.02 Å². The van der Waals surface area contributed by atoms with Gasteiger partial charge in [0.25, 0.3) is 11.5 Å². The monoisotopic (exact) mass is 438 g/mol. The van der Waals surface area contributed by atoms with E-state index in [0.717, 1.165) is 12.1 Å². The van der Waals surface area contributed by atoms with Gasteiger partial charge in [0, 0.05) is 23.5 Å². The molecule has 0 aliphatic heterocycles. The maximum Gasteiger partial charge on any atom is 0.416 e. The van der Waals surface area contributed by atoms with Gasteiger partial charge in [-0.1, -0.05) is 23.7 Å². The summed E-state index contributed by atoms with van der Waals surface area (Å²) in [6.07, 6.45) is -3.02. The van der Waals surface area contributed by atoms with Crippen LogP contribution in [0.3, 0.4) is 0 Å². The Labute approximate surface area is 174 Å². The number of alkyl halides is 3. The molecule has 0 fully saturated rings. The standard InChI is InChI=1S/C21H18ClF3N2O3/c1-12(11-28)27-8-7-15-16(20(27)30)5-6-17(22)18(15)19(29)26-10-13-3-2-4-14(9-13)21(23,24)25/h2-9,12,28H,10-11H2,1H3,(H,26,29)/t12-/m1/s1. The molecule has 0 radical (unpaired) electrons. The summed E-state index contributed by atoms with van der Waals surface area (Å²) in [5, 5.41) is 12.5. The molecule has 0 unspecified atom stereocenters. The summed E-state index contributed by atoms with van der Waals surface area (Å²) in [7, 11) is 0. The van der Waals surface area contributed by atoms with E-state index in [2.05, 4.69) is 5.32 Å². The molecule has 1 atom stereocenters. The molecule has 0 aliphatic carbocycles. The number of halogens is 4. The molecule has 0 aliphatic rings. The van der Waals surface area contributed by atoms with E-state index in [-0.39, 0.29) is 34.7 Å². The molecule has 30 heavy (non-hydrogen) atoms. The van der Waals surface area contributed by atoms with E-state index in [4.69, 9.17) is 11.6 Å². The third-order valence-corrected chi connectivity index (χ3v) is 5.05. The summed E-state index contributed by atoms with van der Waals surface area (Å²) in [6, 6.07) is 8.65. The first-order valence-electron chi connectivity index (χ1n) is 9.02. The Morgan fingerprint density at radius 1 is 1.20 bits per heavy atom. The van der Waals surface area contributed by atoms with Crippen LogP contribution in [0, 0.1) is 0 Å². The second-order valence-electron chi connectivity index (χ2n) is 6.82. The Kier molecular flexibility index (Phi) is 6.19. The molecule has 158 valence electrons. The van der Waals surface area contributed by atoms with Gasteiger partial charge in [0.05, 0.1) is 28.8 Å². The summed E-state index contributed by atoms with van der Waals surface area (Å²) in [6.45, 7) is 1.29. The predicted octanol–water partition coefficient (Wildman–Crippen LogP) is 4.16. The Balaban J connectivity index is 1.93. The fraction of sp³-hybridized carbons (Fsp3) is 0.238. The van der Waals surface area contributed by atoms with Crippen LogP contribution in [0.1, 0.15) is 34.5 Å². The number of hydrogen-bond donors (Lipinski definition) is 2. The van der Waals surface area contributed by atoms with E-state index in [1.807, 2.05) is 0 Å². The van der Waals surface area contributed by atoms with Gasteiger partial charge in [-0.25, -0.2) is 0 Å². The van der Waals surface area contributed by atoms with Crippen molar-refractivity contribution in [3.63, 3.8) is 0 Å². The van der Waals surface area contributed by atoms with Crippen LogP contribution in [-0.4, -0.2) is 22.2 Å². The maximum absolute atomic E-state index is 12.9. The van der Waals surface area contributed by atoms with Gasteiger partial charge in [-0.3, -0.25) is 9.59 Å². The van der Waals surface area contributed by atoms with Crippen LogP contribution >= 0.6 is 11.6 Å². The fourth-order valence-corrected chi connectivity index (χ4v) is 3.36. The minimum absolute atomic E-state index is 0.0574. The number of carbonyl (C=O) groups excluding carboxylic acids is 1. The van der Waals surface area contributed by atoms with Crippen molar-refractivity contribution in [2.45, 2.75) is 25.7 Å². The van der Waals surface area contributed by atoms with Crippen LogP contribution < -0.4 is 10.9 Å². The van der Waals surface area contributed by atoms with Crippen molar-refractivity contribution in [2.24, 2.45) is 0 Å². The quantitative estimate of drug-likeness (QED) is 0.628. The lowest BCUT2D eigenvalue weighted by atomic mass is 10.0. The summed E-state index contributed by atoms with van der Waals surface area (Å²) in [5.74, 6) is -0.615. The molecule has 0 spiro atoms. The second kappa shape index (κ2) is 8.49. The van der Waals surface area contributed by atoms with Gasteiger partial charge in [0.2, 0.25) is 0 Å². The Morgan fingerprint density at radius 3 is 2.60 bits per heavy atom. The number of carbonyl (C=O) groups is 1. The van der Waals surface area contributed by atoms with E-state index >= 15 is 0 Å². The molecule has 1 amide bonds. The number of nitrogens with one attached hydrogen (secondary N) is 1. The number of hydrogen-bond acceptors (Lipinski definition) is 3. The smallest absolute Gasteiger partial charge is 0.394 e. The topological polar surface area (TPSA) is 71.3 Å². The van der Waals surface area contributed by atoms with Crippen molar-refractivity contribution in [1.82, 2.24) is 9.88 Å². The number of amides is 1. The summed E-state index contributed by atoms with van der Waals surface area (Å²) in [5.41, 5.74) is -0.871. The zero-order chi connectivity index (χ0) is 22.1. The van der Waals surface area contributed by atoms with Crippen molar-refractivity contribution >= 4 is 28.3 Å². The van der Waals surface area contributed by atoms with Crippen molar-refractivity contribution in [3.8, 4) is 0 Å². The van der Waals surface area contributed by atoms with Crippen LogP contribution in [0.25, 0.3) is 10.8 Å². The van der Waals surface area contributed by atoms with E-state index in [1.54, 1.807) is 13.0 Å². The Hall–Kier alpha value is -2.84. The van der Waals surface area contributed by atoms with E-state index in [0.29, 0.717) is 5.39 Å². The van der Waals surface area contributed by atoms with Crippen LogP contribution in [0.15, 0.2) is 53.5 Å². The van der Waals surface area contributed by atoms with Gasteiger partial charge in [-0.15, -0.1) is 0 Å². The molecule has 1 heterocycles. The van der Waals surface area contributed by atoms with Crippen LogP contribution in [0.5, 0.6) is 0 Å². The first-order valence-corrected chi connectivity index (χ1v) is 9.40. The zero-order valence-corrected chi connectivity index (χ0v) is 16.6. The zero-order valence-electron chi connectivity index (χ0n) is 15.8. The molecule has 2 N–H and O–H groups in total. The Morgan fingerprint density at radius 2 is 1.93 bits per heavy atom. The lowest BCUT2D eigenvalue weighted by Crippen LogP contribution is -2.27. The first kappa shape index (κ1) is 21.9. The SMILES string of the molecule is C[C@H](CO)n1ccc2c(C(=O)NCc3cccc(C(F)(F)F)c3)c(Cl)ccc2c1=O. The molecule has 2 aromatic carbocycles. The molecule has 0 bridgehead atoms. The van der Waals surface area contributed by atoms with Gasteiger partial charge in [0.15, 0.2) is 0 Å². The highest BCUT2D eigenvalue weighted by atomic mass is 35.5. The summed E-state index contributed by atoms with van der Waals surface area (Å²) < 4.78 is 39.9. The maximum atomic E-state index is 12.9. The highest BCUT2D eigenvalue weighted by Gasteiger charge is 2.30. The molecule has 5 nitrogen and oxygen atoms in total. The summed E-state index contributed by atoms with van der Waals surface area (Å²) >= 11 is 6.19. The molecule has 9 heteroatoms. The molecular formula is C21H18ClF3N2O3. The minimum atomic E-state index is -4.48. The van der Waals surface area contributed by atoms with Crippen molar-refractivity contribution < 1.29 is 23.1 Å². The average Bonchev–Trinajstić information content (AvgIpc) is 2.71. The van der Waals surface area contributed by atoms with Crippen molar-refractivity contribution in [1.29, 1.82) is 0 Å². The van der Waals surface area contributed by atoms with E-state index < -0.39 is 29.2 Å². The summed E-state index contributed by atoms with van der Waals surface area (Å²) in [4.78, 5) is 25.5. The normalized spacial score (nSPS) is 12.7. The number of nitrogens with zero attached hydrogens (tertiary/aromatic N) is 1. The van der Waals surface area contributed by atoms with Gasteiger partial charge in [-0.2, -0.15) is 13.2 Å². The minimum Gasteiger partial charge on any atom is -0.394 e. The number of rotatable bonds is 5. The largest absolute Gasteiger partial charge is 0.416 e. The number of pyridine rings is 1. The molecule has 3 aromatic rings. The highest BCUT2D eigenvalue weighted by Crippen LogP contribution is 2.29.